The van der Waals surface area contributed by atoms with Crippen LogP contribution in [0.2, 0.25) is 0 Å². The number of aliphatic hydroxyl groups excluding tert-OH is 1. The average Bonchev–Trinajstić information content (AvgIpc) is 1.85. The summed E-state index contributed by atoms with van der Waals surface area (Å²) in [5.41, 5.74) is 5.14. The molecule has 0 radical (unpaired) electrons. The van der Waals surface area contributed by atoms with Crippen LogP contribution in [0.4, 0.5) is 0 Å². The summed E-state index contributed by atoms with van der Waals surface area (Å²) in [6.45, 7) is 1.64. The third-order valence-electron chi connectivity index (χ3n) is 1.22. The highest BCUT2D eigenvalue weighted by molar-refractivity contribution is 5.98. The number of primary amides is 1. The van der Waals surface area contributed by atoms with E-state index in [-0.39, 0.29) is 5.70 Å². The third kappa shape index (κ3) is 1.78. The molecular formula is C6H9N3O2. The Morgan fingerprint density at radius 3 is 3.00 bits per heavy atom. The number of amidine groups is 1. The van der Waals surface area contributed by atoms with Crippen LogP contribution in [-0.4, -0.2) is 23.1 Å². The molecule has 0 aromatic carbocycles. The van der Waals surface area contributed by atoms with Gasteiger partial charge in [0.2, 0.25) is 0 Å². The van der Waals surface area contributed by atoms with E-state index in [1.54, 1.807) is 6.92 Å². The number of carbonyl (C=O) groups excluding carboxylic acids is 1. The summed E-state index contributed by atoms with van der Waals surface area (Å²) in [7, 11) is 0. The summed E-state index contributed by atoms with van der Waals surface area (Å²) in [6, 6.07) is 0. The van der Waals surface area contributed by atoms with Crippen molar-refractivity contribution in [1.29, 1.82) is 0 Å². The molecule has 0 saturated heterocycles. The Bertz CT molecular complexity index is 244. The molecule has 1 aliphatic rings. The van der Waals surface area contributed by atoms with Crippen molar-refractivity contribution in [3.63, 3.8) is 0 Å². The fraction of sp³-hybridized carbons (Fsp3) is 0.333. The van der Waals surface area contributed by atoms with Crippen molar-refractivity contribution in [3.05, 3.63) is 11.8 Å². The van der Waals surface area contributed by atoms with Gasteiger partial charge >= 0.3 is 0 Å². The summed E-state index contributed by atoms with van der Waals surface area (Å²) in [4.78, 5) is 14.3. The van der Waals surface area contributed by atoms with Crippen molar-refractivity contribution in [2.24, 2.45) is 10.7 Å². The first-order valence-corrected chi connectivity index (χ1v) is 3.10. The lowest BCUT2D eigenvalue weighted by Crippen LogP contribution is -2.34. The monoisotopic (exact) mass is 155 g/mol. The highest BCUT2D eigenvalue weighted by Crippen LogP contribution is 2.00. The number of amides is 1. The molecule has 0 aromatic rings. The molecule has 11 heavy (non-hydrogen) atoms. The average molecular weight is 155 g/mol. The van der Waals surface area contributed by atoms with Gasteiger partial charge in [-0.3, -0.25) is 4.79 Å². The van der Waals surface area contributed by atoms with E-state index in [9.17, 15) is 4.79 Å². The molecule has 1 rings (SSSR count). The molecule has 60 valence electrons. The molecule has 1 aliphatic heterocycles. The first-order valence-electron chi connectivity index (χ1n) is 3.10. The van der Waals surface area contributed by atoms with Crippen molar-refractivity contribution in [2.75, 3.05) is 0 Å². The first-order chi connectivity index (χ1) is 5.09. The second kappa shape index (κ2) is 2.71. The number of nitrogens with two attached hydrogens (primary N) is 1. The maximum atomic E-state index is 10.6. The minimum absolute atomic E-state index is 0.185. The highest BCUT2D eigenvalue weighted by Gasteiger charge is 2.13. The Labute approximate surface area is 63.6 Å². The number of aliphatic hydroxyl groups is 1. The minimum Gasteiger partial charge on any atom is -0.368 e. The molecular weight excluding hydrogens is 146 g/mol. The minimum atomic E-state index is -0.959. The molecule has 0 saturated carbocycles. The van der Waals surface area contributed by atoms with Gasteiger partial charge in [0.25, 0.3) is 5.91 Å². The summed E-state index contributed by atoms with van der Waals surface area (Å²) in [5, 5.41) is 11.6. The van der Waals surface area contributed by atoms with Crippen LogP contribution in [0.3, 0.4) is 0 Å². The maximum absolute atomic E-state index is 10.6. The number of carbonyl (C=O) groups is 1. The topological polar surface area (TPSA) is 87.7 Å². The standard InChI is InChI=1S/C6H9N3O2/c1-3-8-4(6(7)11)2-5(10)9-3/h2,5,10H,1H3,(H2,7,11)(H,8,9). The van der Waals surface area contributed by atoms with Crippen LogP contribution < -0.4 is 11.1 Å². The van der Waals surface area contributed by atoms with Gasteiger partial charge in [-0.05, 0) is 13.0 Å². The summed E-state index contributed by atoms with van der Waals surface area (Å²) in [6.07, 6.45) is 0.300. The van der Waals surface area contributed by atoms with Crippen LogP contribution >= 0.6 is 0 Å². The zero-order chi connectivity index (χ0) is 8.43. The van der Waals surface area contributed by atoms with E-state index >= 15 is 0 Å². The largest absolute Gasteiger partial charge is 0.368 e. The van der Waals surface area contributed by atoms with Gasteiger partial charge in [-0.2, -0.15) is 0 Å². The van der Waals surface area contributed by atoms with E-state index in [4.69, 9.17) is 10.8 Å². The van der Waals surface area contributed by atoms with E-state index in [1.165, 1.54) is 6.08 Å². The summed E-state index contributed by atoms with van der Waals surface area (Å²) in [5.74, 6) is -0.118. The number of nitrogens with zero attached hydrogens (tertiary/aromatic N) is 1. The normalized spacial score (nSPS) is 23.3. The van der Waals surface area contributed by atoms with Gasteiger partial charge in [0.05, 0.1) is 0 Å². The second-order valence-corrected chi connectivity index (χ2v) is 2.20. The van der Waals surface area contributed by atoms with Crippen molar-refractivity contribution >= 4 is 11.7 Å². The summed E-state index contributed by atoms with van der Waals surface area (Å²) < 4.78 is 0. The molecule has 5 heteroatoms. The van der Waals surface area contributed by atoms with E-state index in [1.807, 2.05) is 0 Å². The lowest BCUT2D eigenvalue weighted by Gasteiger charge is -2.14. The fourth-order valence-corrected chi connectivity index (χ4v) is 0.797. The van der Waals surface area contributed by atoms with Gasteiger partial charge < -0.3 is 16.2 Å². The van der Waals surface area contributed by atoms with Crippen LogP contribution in [0, 0.1) is 0 Å². The number of nitrogens with one attached hydrogen (secondary N) is 1. The SMILES string of the molecule is CC1=NC(O)C=C(C(N)=O)N1. The quantitative estimate of drug-likeness (QED) is 0.439. The van der Waals surface area contributed by atoms with Gasteiger partial charge in [-0.1, -0.05) is 0 Å². The second-order valence-electron chi connectivity index (χ2n) is 2.20. The highest BCUT2D eigenvalue weighted by atomic mass is 16.3. The first kappa shape index (κ1) is 7.74. The summed E-state index contributed by atoms with van der Waals surface area (Å²) >= 11 is 0. The molecule has 1 amide bonds. The van der Waals surface area contributed by atoms with Crippen LogP contribution in [0.15, 0.2) is 16.8 Å². The molecule has 0 spiro atoms. The van der Waals surface area contributed by atoms with Crippen LogP contribution in [-0.2, 0) is 4.79 Å². The van der Waals surface area contributed by atoms with Crippen LogP contribution in [0.1, 0.15) is 6.92 Å². The molecule has 5 nitrogen and oxygen atoms in total. The lowest BCUT2D eigenvalue weighted by molar-refractivity contribution is -0.114. The van der Waals surface area contributed by atoms with Crippen molar-refractivity contribution < 1.29 is 9.90 Å². The van der Waals surface area contributed by atoms with Crippen molar-refractivity contribution in [1.82, 2.24) is 5.32 Å². The molecule has 1 heterocycles. The Morgan fingerprint density at radius 2 is 2.55 bits per heavy atom. The Morgan fingerprint density at radius 1 is 1.91 bits per heavy atom. The molecule has 0 fully saturated rings. The van der Waals surface area contributed by atoms with E-state index in [2.05, 4.69) is 10.3 Å². The number of hydrogen-bond donors (Lipinski definition) is 3. The number of hydrogen-bond acceptors (Lipinski definition) is 4. The predicted molar refractivity (Wildman–Crippen MR) is 39.5 cm³/mol. The van der Waals surface area contributed by atoms with Crippen LogP contribution in [0.25, 0.3) is 0 Å². The van der Waals surface area contributed by atoms with Gasteiger partial charge in [-0.15, -0.1) is 0 Å². The zero-order valence-corrected chi connectivity index (χ0v) is 6.03. The number of aliphatic imine (C=N–C) groups is 1. The zero-order valence-electron chi connectivity index (χ0n) is 6.03. The Kier molecular flexibility index (Phi) is 1.91. The van der Waals surface area contributed by atoms with Gasteiger partial charge in [0, 0.05) is 0 Å². The van der Waals surface area contributed by atoms with E-state index in [0.29, 0.717) is 5.84 Å². The van der Waals surface area contributed by atoms with Gasteiger partial charge in [-0.25, -0.2) is 4.99 Å². The van der Waals surface area contributed by atoms with Gasteiger partial charge in [0.1, 0.15) is 11.5 Å². The maximum Gasteiger partial charge on any atom is 0.265 e. The van der Waals surface area contributed by atoms with Crippen LogP contribution in [0.5, 0.6) is 0 Å². The van der Waals surface area contributed by atoms with Crippen molar-refractivity contribution in [3.8, 4) is 0 Å². The molecule has 1 atom stereocenters. The predicted octanol–water partition coefficient (Wildman–Crippen LogP) is -1.30. The third-order valence-corrected chi connectivity index (χ3v) is 1.22. The van der Waals surface area contributed by atoms with E-state index < -0.39 is 12.1 Å². The Hall–Kier alpha value is -1.36. The Balaban J connectivity index is 2.79. The molecule has 4 N–H and O–H groups in total. The molecule has 0 bridgehead atoms. The van der Waals surface area contributed by atoms with Crippen molar-refractivity contribution in [2.45, 2.75) is 13.2 Å². The molecule has 0 aromatic heterocycles. The smallest absolute Gasteiger partial charge is 0.265 e. The van der Waals surface area contributed by atoms with Gasteiger partial charge in [0.15, 0.2) is 6.23 Å². The fourth-order valence-electron chi connectivity index (χ4n) is 0.797. The lowest BCUT2D eigenvalue weighted by atomic mass is 10.3. The van der Waals surface area contributed by atoms with E-state index in [0.717, 1.165) is 0 Å². The number of rotatable bonds is 1. The molecule has 0 aliphatic carbocycles. The molecule has 1 unspecified atom stereocenters.